The number of amides is 1. The number of benzene rings is 2. The van der Waals surface area contributed by atoms with Gasteiger partial charge in [-0.2, -0.15) is 23.7 Å². The van der Waals surface area contributed by atoms with Gasteiger partial charge >= 0.3 is 6.18 Å². The van der Waals surface area contributed by atoms with Crippen LogP contribution >= 0.6 is 0 Å². The highest BCUT2D eigenvalue weighted by atomic mass is 19.4. The van der Waals surface area contributed by atoms with Gasteiger partial charge in [0.15, 0.2) is 5.60 Å². The minimum Gasteiger partial charge on any atom is -0.376 e. The van der Waals surface area contributed by atoms with Crippen molar-refractivity contribution >= 4 is 5.91 Å². The summed E-state index contributed by atoms with van der Waals surface area (Å²) < 4.78 is 39.5. The summed E-state index contributed by atoms with van der Waals surface area (Å²) in [6, 6.07) is 16.6. The first-order valence-corrected chi connectivity index (χ1v) is 11.7. The normalized spacial score (nSPS) is 24.0. The molecule has 0 aliphatic heterocycles. The van der Waals surface area contributed by atoms with E-state index in [1.807, 2.05) is 17.0 Å². The highest BCUT2D eigenvalue weighted by Gasteiger charge is 2.51. The molecule has 4 rings (SSSR count). The number of nitrogens with zero attached hydrogens (tertiary/aromatic N) is 3. The van der Waals surface area contributed by atoms with Gasteiger partial charge in [0.05, 0.1) is 23.1 Å². The number of halogens is 3. The topological polar surface area (TPSA) is 88.1 Å². The fourth-order valence-electron chi connectivity index (χ4n) is 4.93. The molecule has 5 nitrogen and oxygen atoms in total. The van der Waals surface area contributed by atoms with E-state index in [4.69, 9.17) is 5.26 Å². The van der Waals surface area contributed by atoms with Crippen LogP contribution in [0, 0.1) is 22.7 Å². The van der Waals surface area contributed by atoms with E-state index in [0.717, 1.165) is 30.5 Å². The third-order valence-corrected chi connectivity index (χ3v) is 7.40. The molecular weight excluding hydrogens is 455 g/mol. The van der Waals surface area contributed by atoms with Crippen molar-refractivity contribution in [1.29, 1.82) is 10.5 Å². The highest BCUT2D eigenvalue weighted by Crippen LogP contribution is 2.43. The molecule has 2 saturated carbocycles. The lowest BCUT2D eigenvalue weighted by Crippen LogP contribution is -2.46. The molecule has 35 heavy (non-hydrogen) atoms. The van der Waals surface area contributed by atoms with E-state index < -0.39 is 17.2 Å². The highest BCUT2D eigenvalue weighted by molar-refractivity contribution is 5.95. The zero-order valence-corrected chi connectivity index (χ0v) is 19.3. The summed E-state index contributed by atoms with van der Waals surface area (Å²) in [5.74, 6) is -0.237. The summed E-state index contributed by atoms with van der Waals surface area (Å²) in [5, 5.41) is 28.9. The number of alkyl halides is 3. The van der Waals surface area contributed by atoms with Crippen LogP contribution in [-0.2, 0) is 11.0 Å². The Morgan fingerprint density at radius 1 is 0.971 bits per heavy atom. The van der Waals surface area contributed by atoms with Crippen LogP contribution < -0.4 is 0 Å². The molecule has 0 unspecified atom stereocenters. The molecule has 0 aromatic heterocycles. The molecule has 182 valence electrons. The zero-order valence-electron chi connectivity index (χ0n) is 19.3. The number of carbonyl (C=O) groups is 1. The molecule has 0 radical (unpaired) electrons. The van der Waals surface area contributed by atoms with Crippen LogP contribution in [0.25, 0.3) is 0 Å². The fourth-order valence-corrected chi connectivity index (χ4v) is 4.93. The molecule has 0 spiro atoms. The van der Waals surface area contributed by atoms with E-state index in [2.05, 4.69) is 12.1 Å². The maximum atomic E-state index is 13.4. The zero-order chi connectivity index (χ0) is 25.4. The van der Waals surface area contributed by atoms with E-state index in [9.17, 15) is 28.3 Å². The summed E-state index contributed by atoms with van der Waals surface area (Å²) in [5.41, 5.74) is -2.31. The Morgan fingerprint density at radius 2 is 1.51 bits per heavy atom. The average Bonchev–Trinajstić information content (AvgIpc) is 3.69. The van der Waals surface area contributed by atoms with Crippen molar-refractivity contribution in [3.05, 3.63) is 70.8 Å². The lowest BCUT2D eigenvalue weighted by atomic mass is 9.69. The van der Waals surface area contributed by atoms with Gasteiger partial charge in [0, 0.05) is 17.6 Å². The van der Waals surface area contributed by atoms with Crippen LogP contribution in [-0.4, -0.2) is 34.2 Å². The number of carbonyl (C=O) groups excluding carboxylic acids is 1. The van der Waals surface area contributed by atoms with Gasteiger partial charge in [-0.15, -0.1) is 0 Å². The first kappa shape index (κ1) is 24.8. The predicted octanol–water partition coefficient (Wildman–Crippen LogP) is 5.34. The smallest absolute Gasteiger partial charge is 0.376 e. The van der Waals surface area contributed by atoms with Gasteiger partial charge in [-0.25, -0.2) is 0 Å². The van der Waals surface area contributed by atoms with Gasteiger partial charge in [-0.3, -0.25) is 4.79 Å². The van der Waals surface area contributed by atoms with Gasteiger partial charge in [0.25, 0.3) is 5.91 Å². The van der Waals surface area contributed by atoms with E-state index in [-0.39, 0.29) is 29.1 Å². The predicted molar refractivity (Wildman–Crippen MR) is 122 cm³/mol. The Kier molecular flexibility index (Phi) is 6.38. The quantitative estimate of drug-likeness (QED) is 0.625. The van der Waals surface area contributed by atoms with Crippen molar-refractivity contribution in [2.24, 2.45) is 0 Å². The molecular formula is C27H26F3N3O2. The Morgan fingerprint density at radius 3 is 1.97 bits per heavy atom. The van der Waals surface area contributed by atoms with Crippen LogP contribution in [0.1, 0.15) is 72.5 Å². The summed E-state index contributed by atoms with van der Waals surface area (Å²) >= 11 is 0. The molecule has 2 aliphatic carbocycles. The maximum Gasteiger partial charge on any atom is 0.421 e. The third-order valence-electron chi connectivity index (χ3n) is 7.40. The Balaban J connectivity index is 1.51. The number of rotatable bonds is 5. The molecule has 8 heteroatoms. The lowest BCUT2D eigenvalue weighted by molar-refractivity contribution is -0.258. The molecule has 0 saturated heterocycles. The van der Waals surface area contributed by atoms with E-state index in [1.54, 1.807) is 12.1 Å². The van der Waals surface area contributed by atoms with E-state index >= 15 is 0 Å². The van der Waals surface area contributed by atoms with Gasteiger partial charge in [-0.1, -0.05) is 24.3 Å². The van der Waals surface area contributed by atoms with Gasteiger partial charge in [0.1, 0.15) is 0 Å². The second-order valence-corrected chi connectivity index (χ2v) is 9.71. The van der Waals surface area contributed by atoms with Crippen molar-refractivity contribution in [3.8, 4) is 12.1 Å². The third kappa shape index (κ3) is 4.63. The molecule has 1 N–H and O–H groups in total. The number of aliphatic hydroxyl groups is 1. The fraction of sp³-hybridized carbons (Fsp3) is 0.444. The maximum absolute atomic E-state index is 13.4. The van der Waals surface area contributed by atoms with Crippen LogP contribution in [0.2, 0.25) is 0 Å². The van der Waals surface area contributed by atoms with Crippen molar-refractivity contribution in [3.63, 3.8) is 0 Å². The summed E-state index contributed by atoms with van der Waals surface area (Å²) in [4.78, 5) is 15.2. The van der Waals surface area contributed by atoms with Gasteiger partial charge in [-0.05, 0) is 80.8 Å². The van der Waals surface area contributed by atoms with Crippen LogP contribution in [0.3, 0.4) is 0 Å². The number of hydrogen-bond donors (Lipinski definition) is 1. The van der Waals surface area contributed by atoms with Crippen LogP contribution in [0.5, 0.6) is 0 Å². The average molecular weight is 482 g/mol. The standard InChI is InChI=1S/C27H26F3N3O2/c1-25(35,27(28,29)30)20-8-4-19(5-9-20)24(34)33(22-10-11-22)23-12-14-26(17-32,15-13-23)21-6-2-18(16-31)3-7-21/h2-9,22-23,35H,10-15H2,1H3/t23?,25-,26?/m0/s1. The molecule has 2 aromatic rings. The first-order valence-electron chi connectivity index (χ1n) is 11.7. The van der Waals surface area contributed by atoms with Gasteiger partial charge < -0.3 is 10.0 Å². The Labute approximate surface area is 202 Å². The van der Waals surface area contributed by atoms with Crippen molar-refractivity contribution in [1.82, 2.24) is 4.90 Å². The number of hydrogen-bond acceptors (Lipinski definition) is 4. The first-order chi connectivity index (χ1) is 16.5. The summed E-state index contributed by atoms with van der Waals surface area (Å²) in [7, 11) is 0. The second kappa shape index (κ2) is 9.02. The van der Waals surface area contributed by atoms with E-state index in [1.165, 1.54) is 12.1 Å². The monoisotopic (exact) mass is 481 g/mol. The van der Waals surface area contributed by atoms with Crippen molar-refractivity contribution < 1.29 is 23.1 Å². The van der Waals surface area contributed by atoms with E-state index in [0.29, 0.717) is 38.2 Å². The Bertz CT molecular complexity index is 1160. The molecule has 2 aromatic carbocycles. The minimum atomic E-state index is -4.83. The van der Waals surface area contributed by atoms with Crippen LogP contribution in [0.15, 0.2) is 48.5 Å². The molecule has 2 aliphatic rings. The summed E-state index contributed by atoms with van der Waals surface area (Å²) in [6.45, 7) is 0.692. The largest absolute Gasteiger partial charge is 0.421 e. The minimum absolute atomic E-state index is 0.0622. The van der Waals surface area contributed by atoms with Gasteiger partial charge in [0.2, 0.25) is 0 Å². The van der Waals surface area contributed by atoms with Crippen molar-refractivity contribution in [2.75, 3.05) is 0 Å². The molecule has 0 heterocycles. The SMILES string of the molecule is C[C@](O)(c1ccc(C(=O)N(C2CC2)C2CCC(C#N)(c3ccc(C#N)cc3)CC2)cc1)C(F)(F)F. The van der Waals surface area contributed by atoms with Crippen molar-refractivity contribution in [2.45, 2.75) is 74.7 Å². The molecule has 2 fully saturated rings. The Hall–Kier alpha value is -3.36. The lowest BCUT2D eigenvalue weighted by Gasteiger charge is -2.41. The molecule has 1 atom stereocenters. The summed E-state index contributed by atoms with van der Waals surface area (Å²) in [6.07, 6.45) is -0.658. The van der Waals surface area contributed by atoms with Crippen LogP contribution in [0.4, 0.5) is 13.2 Å². The molecule has 1 amide bonds. The molecule has 0 bridgehead atoms. The number of nitriles is 2. The second-order valence-electron chi connectivity index (χ2n) is 9.71.